The summed E-state index contributed by atoms with van der Waals surface area (Å²) in [5, 5.41) is 12.9. The molecule has 2 bridgehead atoms. The van der Waals surface area contributed by atoms with E-state index < -0.39 is 60.2 Å². The highest BCUT2D eigenvalue weighted by atomic mass is 16.9. The molecule has 2 aromatic carbocycles. The number of Topliss-reactive ketones (excluding diaryl/α,β-unsaturated/α-hetero) is 1. The van der Waals surface area contributed by atoms with Crippen molar-refractivity contribution in [1.29, 1.82) is 0 Å². The summed E-state index contributed by atoms with van der Waals surface area (Å²) in [6.45, 7) is 10.5. The Labute approximate surface area is 312 Å². The third-order valence-electron chi connectivity index (χ3n) is 12.0. The molecular formula is C39H47NO14. The first kappa shape index (κ1) is 36.1. The molecule has 1 amide bonds. The SMILES string of the molecule is C=CCOC(=O)N(C(C)C)[C@H]1CO[C@@H](O[C@@]23Oc4c(c(C)cc5c(OC)c6c(c(O)c45)C(=O)CCC6)C4OC(C5OCCCO5)(OC42)[C@]32CO2)C[C@@H]1OC. The number of ether oxygens (including phenoxy) is 11. The van der Waals surface area contributed by atoms with Crippen molar-refractivity contribution in [1.82, 2.24) is 4.90 Å². The molecule has 1 spiro atoms. The zero-order valence-corrected chi connectivity index (χ0v) is 31.2. The molecule has 8 atom stereocenters. The van der Waals surface area contributed by atoms with Gasteiger partial charge in [-0.15, -0.1) is 0 Å². The molecule has 5 saturated heterocycles. The molecule has 7 aliphatic rings. The Morgan fingerprint density at radius 1 is 1.15 bits per heavy atom. The first-order valence-corrected chi connectivity index (χ1v) is 18.8. The van der Waals surface area contributed by atoms with Gasteiger partial charge in [-0.2, -0.15) is 0 Å². The minimum Gasteiger partial charge on any atom is -0.506 e. The van der Waals surface area contributed by atoms with Gasteiger partial charge in [0.1, 0.15) is 30.0 Å². The maximum absolute atomic E-state index is 13.4. The minimum atomic E-state index is -1.72. The lowest BCUT2D eigenvalue weighted by molar-refractivity contribution is -0.385. The average Bonchev–Trinajstić information content (AvgIpc) is 3.83. The fourth-order valence-electron chi connectivity index (χ4n) is 9.64. The molecule has 292 valence electrons. The molecule has 1 aliphatic carbocycles. The normalized spacial score (nSPS) is 35.1. The summed E-state index contributed by atoms with van der Waals surface area (Å²) in [6.07, 6.45) is -0.651. The van der Waals surface area contributed by atoms with Crippen LogP contribution in [0.4, 0.5) is 4.79 Å². The number of phenolic OH excluding ortho intramolecular Hbond substituents is 1. The van der Waals surface area contributed by atoms with Gasteiger partial charge in [0.15, 0.2) is 18.2 Å². The summed E-state index contributed by atoms with van der Waals surface area (Å²) < 4.78 is 70.5. The monoisotopic (exact) mass is 753 g/mol. The maximum Gasteiger partial charge on any atom is 0.410 e. The molecule has 3 unspecified atom stereocenters. The fraction of sp³-hybridized carbons (Fsp3) is 0.641. The third-order valence-corrected chi connectivity index (χ3v) is 12.0. The number of phenols is 1. The lowest BCUT2D eigenvalue weighted by Crippen LogP contribution is -2.72. The molecule has 6 heterocycles. The van der Waals surface area contributed by atoms with Crippen LogP contribution in [-0.2, 0) is 49.1 Å². The topological polar surface area (TPSA) is 162 Å². The quantitative estimate of drug-likeness (QED) is 0.284. The Balaban J connectivity index is 1.16. The van der Waals surface area contributed by atoms with Crippen molar-refractivity contribution in [3.8, 4) is 17.2 Å². The summed E-state index contributed by atoms with van der Waals surface area (Å²) >= 11 is 0. The van der Waals surface area contributed by atoms with Crippen LogP contribution in [0.25, 0.3) is 10.8 Å². The smallest absolute Gasteiger partial charge is 0.410 e. The molecule has 15 heteroatoms. The maximum atomic E-state index is 13.4. The van der Waals surface area contributed by atoms with E-state index in [4.69, 9.17) is 52.1 Å². The number of rotatable bonds is 9. The van der Waals surface area contributed by atoms with Gasteiger partial charge in [0.25, 0.3) is 11.6 Å². The van der Waals surface area contributed by atoms with Gasteiger partial charge in [-0.3, -0.25) is 9.69 Å². The van der Waals surface area contributed by atoms with Gasteiger partial charge in [-0.1, -0.05) is 12.7 Å². The van der Waals surface area contributed by atoms with E-state index in [-0.39, 0.29) is 55.1 Å². The number of fused-ring (bicyclic) bond motifs is 8. The second-order valence-electron chi connectivity index (χ2n) is 15.3. The second-order valence-corrected chi connectivity index (χ2v) is 15.3. The third kappa shape index (κ3) is 4.82. The number of hydrogen-bond acceptors (Lipinski definition) is 14. The summed E-state index contributed by atoms with van der Waals surface area (Å²) in [4.78, 5) is 28.2. The highest BCUT2D eigenvalue weighted by Crippen LogP contribution is 2.72. The summed E-state index contributed by atoms with van der Waals surface area (Å²) in [7, 11) is 3.14. The number of methoxy groups -OCH3 is 2. The number of aromatic hydroxyl groups is 1. The molecule has 9 rings (SSSR count). The summed E-state index contributed by atoms with van der Waals surface area (Å²) in [5.41, 5.74) is 0.949. The second kappa shape index (κ2) is 13.0. The Morgan fingerprint density at radius 2 is 1.93 bits per heavy atom. The molecule has 0 radical (unpaired) electrons. The lowest BCUT2D eigenvalue weighted by atomic mass is 9.78. The van der Waals surface area contributed by atoms with Crippen LogP contribution in [0.1, 0.15) is 72.7 Å². The molecular weight excluding hydrogens is 706 g/mol. The van der Waals surface area contributed by atoms with E-state index >= 15 is 0 Å². The van der Waals surface area contributed by atoms with Crippen LogP contribution in [0.2, 0.25) is 0 Å². The predicted octanol–water partition coefficient (Wildman–Crippen LogP) is 4.35. The van der Waals surface area contributed by atoms with Crippen LogP contribution in [-0.4, -0.2) is 123 Å². The summed E-state index contributed by atoms with van der Waals surface area (Å²) in [6, 6.07) is 1.21. The van der Waals surface area contributed by atoms with Crippen LogP contribution in [0.5, 0.6) is 17.2 Å². The predicted molar refractivity (Wildman–Crippen MR) is 186 cm³/mol. The highest BCUT2D eigenvalue weighted by molar-refractivity contribution is 6.11. The fourth-order valence-corrected chi connectivity index (χ4v) is 9.64. The van der Waals surface area contributed by atoms with E-state index in [2.05, 4.69) is 6.58 Å². The minimum absolute atomic E-state index is 0.0603. The number of ketones is 1. The molecule has 5 fully saturated rings. The standard InChI is InChI=1S/C39H47NO14/c1-7-12-48-36(43)40(19(2)3)23-17-49-26(16-25(23)44-5)51-38-34-33(53-39(54-34,37(38)18-50-37)35-46-13-9-14-47-35)27-20(4)15-22-29(32(27)52-38)30(42)28-21(31(22)45-6)10-8-11-24(28)41/h7,15,19,23,25-26,33-35,42H,1,8-14,16-18H2,2-6H3/t23-,25-,26-,33?,34?,37-,38+,39?/m0/s1. The van der Waals surface area contributed by atoms with Gasteiger partial charge in [0.2, 0.25) is 11.9 Å². The van der Waals surface area contributed by atoms with E-state index in [0.717, 1.165) is 5.56 Å². The van der Waals surface area contributed by atoms with Crippen molar-refractivity contribution in [3.05, 3.63) is 41.0 Å². The van der Waals surface area contributed by atoms with Crippen LogP contribution in [0, 0.1) is 6.92 Å². The Hall–Kier alpha value is -3.54. The van der Waals surface area contributed by atoms with E-state index in [0.29, 0.717) is 66.5 Å². The van der Waals surface area contributed by atoms with Gasteiger partial charge in [-0.25, -0.2) is 4.79 Å². The highest BCUT2D eigenvalue weighted by Gasteiger charge is 2.94. The van der Waals surface area contributed by atoms with Crippen LogP contribution < -0.4 is 9.47 Å². The van der Waals surface area contributed by atoms with Crippen molar-refractivity contribution in [2.45, 2.75) is 113 Å². The van der Waals surface area contributed by atoms with Crippen LogP contribution in [0.3, 0.4) is 0 Å². The number of nitrogens with zero attached hydrogens (tertiary/aromatic N) is 1. The number of hydrogen-bond donors (Lipinski definition) is 1. The molecule has 54 heavy (non-hydrogen) atoms. The largest absolute Gasteiger partial charge is 0.506 e. The Bertz CT molecular complexity index is 1890. The van der Waals surface area contributed by atoms with Crippen molar-refractivity contribution >= 4 is 22.6 Å². The lowest BCUT2D eigenvalue weighted by Gasteiger charge is -2.52. The van der Waals surface area contributed by atoms with Crippen molar-refractivity contribution in [2.75, 3.05) is 47.3 Å². The molecule has 15 nitrogen and oxygen atoms in total. The zero-order valence-electron chi connectivity index (χ0n) is 31.2. The van der Waals surface area contributed by atoms with Crippen molar-refractivity contribution in [3.63, 3.8) is 0 Å². The van der Waals surface area contributed by atoms with Gasteiger partial charge in [-0.05, 0) is 51.7 Å². The van der Waals surface area contributed by atoms with Gasteiger partial charge < -0.3 is 57.2 Å². The Kier molecular flexibility index (Phi) is 8.71. The first-order chi connectivity index (χ1) is 26.1. The number of carbonyl (C=O) groups excluding carboxylic acids is 2. The molecule has 0 saturated carbocycles. The van der Waals surface area contributed by atoms with Gasteiger partial charge >= 0.3 is 6.09 Å². The van der Waals surface area contributed by atoms with E-state index in [1.165, 1.54) is 6.08 Å². The van der Waals surface area contributed by atoms with E-state index in [1.54, 1.807) is 19.1 Å². The molecule has 0 aromatic heterocycles. The van der Waals surface area contributed by atoms with Gasteiger partial charge in [0.05, 0.1) is 56.6 Å². The number of amides is 1. The number of aryl methyl sites for hydroxylation is 1. The van der Waals surface area contributed by atoms with E-state index in [1.807, 2.05) is 26.8 Å². The average molecular weight is 754 g/mol. The summed E-state index contributed by atoms with van der Waals surface area (Å²) in [5.74, 6) is -2.86. The number of epoxide rings is 1. The first-order valence-electron chi connectivity index (χ1n) is 18.8. The molecule has 6 aliphatic heterocycles. The van der Waals surface area contributed by atoms with Crippen molar-refractivity contribution < 1.29 is 66.8 Å². The zero-order chi connectivity index (χ0) is 37.7. The van der Waals surface area contributed by atoms with Gasteiger partial charge in [0, 0.05) is 42.5 Å². The molecule has 1 N–H and O–H groups in total. The molecule has 2 aromatic rings. The number of carbonyl (C=O) groups is 2. The Morgan fingerprint density at radius 3 is 2.61 bits per heavy atom. The van der Waals surface area contributed by atoms with Crippen molar-refractivity contribution in [2.24, 2.45) is 0 Å². The number of benzene rings is 2. The van der Waals surface area contributed by atoms with E-state index in [9.17, 15) is 14.7 Å². The van der Waals surface area contributed by atoms with Crippen LogP contribution >= 0.6 is 0 Å². The van der Waals surface area contributed by atoms with Crippen LogP contribution in [0.15, 0.2) is 18.7 Å².